The van der Waals surface area contributed by atoms with Crippen molar-refractivity contribution >= 4 is 61.9 Å². The summed E-state index contributed by atoms with van der Waals surface area (Å²) in [5, 5.41) is 7.69. The van der Waals surface area contributed by atoms with Crippen LogP contribution in [0.5, 0.6) is 0 Å². The van der Waals surface area contributed by atoms with Crippen LogP contribution in [0.1, 0.15) is 12.0 Å². The van der Waals surface area contributed by atoms with E-state index in [-0.39, 0.29) is 29.7 Å². The van der Waals surface area contributed by atoms with E-state index in [4.69, 9.17) is 17.4 Å². The average Bonchev–Trinajstić information content (AvgIpc) is 2.93. The lowest BCUT2D eigenvalue weighted by atomic mass is 10.2. The minimum absolute atomic E-state index is 0.0433. The number of nitrogens with two attached hydrogens (primary N) is 1. The molecule has 1 aliphatic heterocycles. The molecule has 0 aliphatic carbocycles. The summed E-state index contributed by atoms with van der Waals surface area (Å²) in [7, 11) is -3.79. The summed E-state index contributed by atoms with van der Waals surface area (Å²) in [6.07, 6.45) is 1.81. The quantitative estimate of drug-likeness (QED) is 0.520. The number of hydrogen-bond donors (Lipinski definition) is 2. The molecule has 1 heterocycles. The maximum Gasteiger partial charge on any atom is 0.266 e. The standard InChI is InChI=1S/C19H17N3O4S3/c20-29(25,26)15-8-6-14(7-9-15)21-17(23)10-11-22-18(24)16(28-19(22)27)12-13-4-2-1-3-5-13/h1-9,12H,10-11H2,(H,21,23)(H2,20,25,26)/b16-12+. The largest absolute Gasteiger partial charge is 0.326 e. The Kier molecular flexibility index (Phi) is 6.48. The second-order valence-electron chi connectivity index (χ2n) is 6.11. The zero-order valence-corrected chi connectivity index (χ0v) is 17.5. The average molecular weight is 448 g/mol. The minimum Gasteiger partial charge on any atom is -0.326 e. The number of benzene rings is 2. The van der Waals surface area contributed by atoms with Crippen LogP contribution in [0.3, 0.4) is 0 Å². The number of anilines is 1. The monoisotopic (exact) mass is 447 g/mol. The lowest BCUT2D eigenvalue weighted by Crippen LogP contribution is -2.31. The van der Waals surface area contributed by atoms with Crippen molar-refractivity contribution in [3.63, 3.8) is 0 Å². The molecule has 0 spiro atoms. The highest BCUT2D eigenvalue weighted by atomic mass is 32.2. The third kappa shape index (κ3) is 5.51. The summed E-state index contributed by atoms with van der Waals surface area (Å²) >= 11 is 6.47. The highest BCUT2D eigenvalue weighted by Crippen LogP contribution is 2.32. The van der Waals surface area contributed by atoms with Gasteiger partial charge >= 0.3 is 0 Å². The van der Waals surface area contributed by atoms with Crippen molar-refractivity contribution in [1.29, 1.82) is 0 Å². The summed E-state index contributed by atoms with van der Waals surface area (Å²) in [5.74, 6) is -0.552. The molecule has 2 aromatic carbocycles. The van der Waals surface area contributed by atoms with Gasteiger partial charge in [0.25, 0.3) is 5.91 Å². The predicted molar refractivity (Wildman–Crippen MR) is 117 cm³/mol. The SMILES string of the molecule is NS(=O)(=O)c1ccc(NC(=O)CCN2C(=O)/C(=C\c3ccccc3)SC2=S)cc1. The highest BCUT2D eigenvalue weighted by molar-refractivity contribution is 8.26. The second-order valence-corrected chi connectivity index (χ2v) is 9.35. The number of amides is 2. The Labute approximate surface area is 178 Å². The van der Waals surface area contributed by atoms with Gasteiger partial charge in [-0.15, -0.1) is 0 Å². The number of rotatable bonds is 6. The normalized spacial score (nSPS) is 15.8. The van der Waals surface area contributed by atoms with Crippen LogP contribution in [0.4, 0.5) is 5.69 Å². The Morgan fingerprint density at radius 3 is 2.41 bits per heavy atom. The summed E-state index contributed by atoms with van der Waals surface area (Å²) in [5.41, 5.74) is 1.32. The molecular weight excluding hydrogens is 430 g/mol. The van der Waals surface area contributed by atoms with E-state index in [1.807, 2.05) is 30.3 Å². The fourth-order valence-corrected chi connectivity index (χ4v) is 4.38. The van der Waals surface area contributed by atoms with Gasteiger partial charge in [0.05, 0.1) is 9.80 Å². The maximum atomic E-state index is 12.6. The molecule has 0 saturated carbocycles. The molecule has 2 amide bonds. The van der Waals surface area contributed by atoms with Crippen LogP contribution in [0, 0.1) is 0 Å². The first-order chi connectivity index (χ1) is 13.7. The number of carbonyl (C=O) groups excluding carboxylic acids is 2. The molecule has 10 heteroatoms. The van der Waals surface area contributed by atoms with E-state index in [0.29, 0.717) is 14.9 Å². The summed E-state index contributed by atoms with van der Waals surface area (Å²) in [4.78, 5) is 26.6. The Morgan fingerprint density at radius 1 is 1.14 bits per heavy atom. The molecule has 1 aliphatic rings. The zero-order valence-electron chi connectivity index (χ0n) is 15.1. The molecule has 1 fully saturated rings. The van der Waals surface area contributed by atoms with Gasteiger partial charge in [0.1, 0.15) is 4.32 Å². The van der Waals surface area contributed by atoms with E-state index < -0.39 is 10.0 Å². The number of thioether (sulfide) groups is 1. The summed E-state index contributed by atoms with van der Waals surface area (Å²) in [6, 6.07) is 14.9. The van der Waals surface area contributed by atoms with Crippen molar-refractivity contribution < 1.29 is 18.0 Å². The number of nitrogens with zero attached hydrogens (tertiary/aromatic N) is 1. The second kappa shape index (κ2) is 8.87. The van der Waals surface area contributed by atoms with Crippen molar-refractivity contribution in [2.24, 2.45) is 5.14 Å². The molecule has 0 atom stereocenters. The Bertz CT molecular complexity index is 1080. The van der Waals surface area contributed by atoms with Crippen molar-refractivity contribution in [1.82, 2.24) is 4.90 Å². The summed E-state index contributed by atoms with van der Waals surface area (Å²) in [6.45, 7) is 0.151. The molecule has 0 unspecified atom stereocenters. The van der Waals surface area contributed by atoms with E-state index in [2.05, 4.69) is 5.32 Å². The van der Waals surface area contributed by atoms with Crippen molar-refractivity contribution in [2.75, 3.05) is 11.9 Å². The zero-order chi connectivity index (χ0) is 21.0. The maximum absolute atomic E-state index is 12.6. The van der Waals surface area contributed by atoms with Crippen LogP contribution in [0.15, 0.2) is 64.4 Å². The molecule has 0 aromatic heterocycles. The van der Waals surface area contributed by atoms with E-state index in [9.17, 15) is 18.0 Å². The van der Waals surface area contributed by atoms with Crippen LogP contribution >= 0.6 is 24.0 Å². The molecular formula is C19H17N3O4S3. The number of carbonyl (C=O) groups is 2. The Hall–Kier alpha value is -2.53. The van der Waals surface area contributed by atoms with Crippen LogP contribution in [0.2, 0.25) is 0 Å². The molecule has 3 rings (SSSR count). The Balaban J connectivity index is 1.58. The number of thiocarbonyl (C=S) groups is 1. The lowest BCUT2D eigenvalue weighted by molar-refractivity contribution is -0.122. The van der Waals surface area contributed by atoms with E-state index >= 15 is 0 Å². The first-order valence-electron chi connectivity index (χ1n) is 8.47. The number of nitrogens with one attached hydrogen (secondary N) is 1. The number of sulfonamides is 1. The van der Waals surface area contributed by atoms with Gasteiger partial charge in [-0.3, -0.25) is 14.5 Å². The molecule has 150 valence electrons. The lowest BCUT2D eigenvalue weighted by Gasteiger charge is -2.14. The third-order valence-electron chi connectivity index (χ3n) is 4.00. The smallest absolute Gasteiger partial charge is 0.266 e. The van der Waals surface area contributed by atoms with Gasteiger partial charge in [-0.25, -0.2) is 13.6 Å². The first kappa shape index (κ1) is 21.2. The molecule has 7 nitrogen and oxygen atoms in total. The van der Waals surface area contributed by atoms with E-state index in [1.165, 1.54) is 40.9 Å². The third-order valence-corrected chi connectivity index (χ3v) is 6.31. The van der Waals surface area contributed by atoms with Crippen LogP contribution < -0.4 is 10.5 Å². The summed E-state index contributed by atoms with van der Waals surface area (Å²) < 4.78 is 22.9. The van der Waals surface area contributed by atoms with Gasteiger partial charge in [0.2, 0.25) is 15.9 Å². The van der Waals surface area contributed by atoms with Gasteiger partial charge in [-0.1, -0.05) is 54.3 Å². The molecule has 1 saturated heterocycles. The minimum atomic E-state index is -3.79. The van der Waals surface area contributed by atoms with Crippen molar-refractivity contribution in [3.05, 3.63) is 65.1 Å². The number of hydrogen-bond acceptors (Lipinski definition) is 6. The van der Waals surface area contributed by atoms with Crippen LogP contribution in [0.25, 0.3) is 6.08 Å². The van der Waals surface area contributed by atoms with Crippen molar-refractivity contribution in [3.8, 4) is 0 Å². The predicted octanol–water partition coefficient (Wildman–Crippen LogP) is 2.56. The van der Waals surface area contributed by atoms with E-state index in [0.717, 1.165) is 5.56 Å². The van der Waals surface area contributed by atoms with Crippen LogP contribution in [-0.4, -0.2) is 36.0 Å². The van der Waals surface area contributed by atoms with E-state index in [1.54, 1.807) is 6.08 Å². The fraction of sp³-hybridized carbons (Fsp3) is 0.105. The fourth-order valence-electron chi connectivity index (χ4n) is 2.56. The Morgan fingerprint density at radius 2 is 1.79 bits per heavy atom. The molecule has 29 heavy (non-hydrogen) atoms. The van der Waals surface area contributed by atoms with Crippen molar-refractivity contribution in [2.45, 2.75) is 11.3 Å². The molecule has 3 N–H and O–H groups in total. The highest BCUT2D eigenvalue weighted by Gasteiger charge is 2.32. The van der Waals surface area contributed by atoms with Gasteiger partial charge in [0, 0.05) is 18.7 Å². The molecule has 2 aromatic rings. The van der Waals surface area contributed by atoms with Gasteiger partial charge in [-0.2, -0.15) is 0 Å². The molecule has 0 bridgehead atoms. The van der Waals surface area contributed by atoms with Crippen LogP contribution in [-0.2, 0) is 19.6 Å². The van der Waals surface area contributed by atoms with Gasteiger partial charge < -0.3 is 5.32 Å². The van der Waals surface area contributed by atoms with Gasteiger partial charge in [0.15, 0.2) is 0 Å². The van der Waals surface area contributed by atoms with Gasteiger partial charge in [-0.05, 0) is 35.9 Å². The first-order valence-corrected chi connectivity index (χ1v) is 11.2. The molecule has 0 radical (unpaired) electrons. The topological polar surface area (TPSA) is 110 Å². The number of primary sulfonamides is 1.